The topological polar surface area (TPSA) is 82.1 Å². The first-order valence-electron chi connectivity index (χ1n) is 10.7. The minimum atomic E-state index is -2.22. The van der Waals surface area contributed by atoms with Crippen LogP contribution < -0.4 is 0 Å². The molecule has 0 spiro atoms. The third-order valence-corrected chi connectivity index (χ3v) is 13.6. The van der Waals surface area contributed by atoms with Gasteiger partial charge >= 0.3 is 5.97 Å². The van der Waals surface area contributed by atoms with Crippen LogP contribution in [-0.2, 0) is 23.5 Å². The van der Waals surface area contributed by atoms with E-state index >= 15 is 0 Å². The van der Waals surface area contributed by atoms with Crippen molar-refractivity contribution in [3.05, 3.63) is 0 Å². The van der Waals surface area contributed by atoms with Crippen LogP contribution in [0.2, 0.25) is 16.6 Å². The average Bonchev–Trinajstić information content (AvgIpc) is 2.92. The number of aliphatic hydroxyl groups excluding tert-OH is 1. The highest BCUT2D eigenvalue weighted by atomic mass is 28.4. The third kappa shape index (κ3) is 3.18. The summed E-state index contributed by atoms with van der Waals surface area (Å²) in [6, 6.07) is 0. The van der Waals surface area contributed by atoms with E-state index in [0.717, 1.165) is 0 Å². The van der Waals surface area contributed by atoms with E-state index in [9.17, 15) is 14.7 Å². The van der Waals surface area contributed by atoms with Gasteiger partial charge in [-0.25, -0.2) is 0 Å². The van der Waals surface area contributed by atoms with Gasteiger partial charge in [0.15, 0.2) is 0 Å². The van der Waals surface area contributed by atoms with E-state index in [1.807, 2.05) is 0 Å². The first-order valence-corrected chi connectivity index (χ1v) is 12.8. The molecular weight excluding hydrogens is 376 g/mol. The summed E-state index contributed by atoms with van der Waals surface area (Å²) >= 11 is 0. The highest BCUT2D eigenvalue weighted by Gasteiger charge is 2.64. The summed E-state index contributed by atoms with van der Waals surface area (Å²) in [6.45, 7) is 13.3. The zero-order valence-electron chi connectivity index (χ0n) is 18.2. The van der Waals surface area contributed by atoms with Gasteiger partial charge in [0.2, 0.25) is 8.32 Å². The van der Waals surface area contributed by atoms with E-state index in [2.05, 4.69) is 41.5 Å². The molecule has 3 aliphatic rings. The number of methoxy groups -OCH3 is 1. The molecule has 2 aliphatic heterocycles. The van der Waals surface area contributed by atoms with Crippen LogP contribution >= 0.6 is 0 Å². The summed E-state index contributed by atoms with van der Waals surface area (Å²) in [5.41, 5.74) is 1.17. The molecule has 3 fully saturated rings. The number of hydrogen-bond acceptors (Lipinski definition) is 6. The first-order chi connectivity index (χ1) is 13.1. The Bertz CT molecular complexity index is 596. The second-order valence-electron chi connectivity index (χ2n) is 9.74. The van der Waals surface area contributed by atoms with E-state index in [0.29, 0.717) is 23.0 Å². The maximum absolute atomic E-state index is 12.6. The summed E-state index contributed by atoms with van der Waals surface area (Å²) in [5, 5.41) is 10.8. The van der Waals surface area contributed by atoms with Crippen LogP contribution in [0.4, 0.5) is 0 Å². The summed E-state index contributed by atoms with van der Waals surface area (Å²) in [5.74, 6) is -1.62. The summed E-state index contributed by atoms with van der Waals surface area (Å²) in [6.07, 6.45) is -1.45. The van der Waals surface area contributed by atoms with E-state index in [4.69, 9.17) is 13.9 Å². The Kier molecular flexibility index (Phi) is 6.12. The molecule has 2 heterocycles. The van der Waals surface area contributed by atoms with Gasteiger partial charge in [-0.1, -0.05) is 41.5 Å². The zero-order valence-corrected chi connectivity index (χ0v) is 19.2. The molecule has 1 aliphatic carbocycles. The Morgan fingerprint density at radius 2 is 1.71 bits per heavy atom. The molecular formula is C21H36O6Si. The number of hydrogen-bond donors (Lipinski definition) is 1. The number of Topliss-reactive ketones (excluding diaryl/α,β-unsaturated/α-hetero) is 1. The fourth-order valence-electron chi connectivity index (χ4n) is 6.51. The lowest BCUT2D eigenvalue weighted by atomic mass is 9.71. The van der Waals surface area contributed by atoms with Gasteiger partial charge in [0.05, 0.1) is 43.4 Å². The average molecular weight is 413 g/mol. The van der Waals surface area contributed by atoms with Crippen molar-refractivity contribution < 1.29 is 28.6 Å². The lowest BCUT2D eigenvalue weighted by Crippen LogP contribution is -2.58. The molecule has 3 rings (SSSR count). The smallest absolute Gasteiger partial charge is 0.311 e. The van der Waals surface area contributed by atoms with Crippen LogP contribution in [0.15, 0.2) is 0 Å². The largest absolute Gasteiger partial charge is 0.469 e. The molecule has 0 aromatic rings. The van der Waals surface area contributed by atoms with E-state index in [1.54, 1.807) is 0 Å². The SMILES string of the molecule is COC(=O)C1C2CC(=O)[C@H]3C(O)CC(O[Si](C(C)C)(C(C)C)C(C)C)[C@@H]1C3O2. The fourth-order valence-corrected chi connectivity index (χ4v) is 12.1. The maximum Gasteiger partial charge on any atom is 0.311 e. The van der Waals surface area contributed by atoms with E-state index in [1.165, 1.54) is 7.11 Å². The molecule has 0 amide bonds. The normalized spacial score (nSPS) is 37.8. The number of fused-ring (bicyclic) bond motifs is 1. The third-order valence-electron chi connectivity index (χ3n) is 7.51. The van der Waals surface area contributed by atoms with Gasteiger partial charge in [0, 0.05) is 12.3 Å². The van der Waals surface area contributed by atoms with Crippen molar-refractivity contribution in [3.63, 3.8) is 0 Å². The number of aliphatic hydroxyl groups is 1. The minimum Gasteiger partial charge on any atom is -0.469 e. The molecule has 160 valence electrons. The lowest BCUT2D eigenvalue weighted by molar-refractivity contribution is -0.159. The minimum absolute atomic E-state index is 0.00342. The molecule has 0 radical (unpaired) electrons. The molecule has 1 saturated carbocycles. The lowest BCUT2D eigenvalue weighted by Gasteiger charge is -2.49. The highest BCUT2D eigenvalue weighted by Crippen LogP contribution is 2.53. The molecule has 1 N–H and O–H groups in total. The van der Waals surface area contributed by atoms with Gasteiger partial charge in [0.1, 0.15) is 5.78 Å². The maximum atomic E-state index is 12.6. The number of ether oxygens (including phenoxy) is 2. The number of ketones is 1. The van der Waals surface area contributed by atoms with Crippen molar-refractivity contribution in [1.82, 2.24) is 0 Å². The summed E-state index contributed by atoms with van der Waals surface area (Å²) < 4.78 is 18.2. The Labute approximate surface area is 169 Å². The van der Waals surface area contributed by atoms with Gasteiger partial charge < -0.3 is 19.0 Å². The van der Waals surface area contributed by atoms with Crippen LogP contribution in [0.25, 0.3) is 0 Å². The van der Waals surface area contributed by atoms with Crippen LogP contribution in [0, 0.1) is 17.8 Å². The van der Waals surface area contributed by atoms with Gasteiger partial charge in [-0.2, -0.15) is 0 Å². The van der Waals surface area contributed by atoms with Crippen molar-refractivity contribution in [2.75, 3.05) is 7.11 Å². The number of carbonyl (C=O) groups excluding carboxylic acids is 2. The van der Waals surface area contributed by atoms with E-state index < -0.39 is 38.5 Å². The van der Waals surface area contributed by atoms with Crippen LogP contribution in [0.1, 0.15) is 54.4 Å². The molecule has 7 atom stereocenters. The predicted molar refractivity (Wildman–Crippen MR) is 107 cm³/mol. The molecule has 0 aromatic carbocycles. The second-order valence-corrected chi connectivity index (χ2v) is 15.1. The van der Waals surface area contributed by atoms with Gasteiger partial charge in [-0.05, 0) is 23.0 Å². The predicted octanol–water partition coefficient (Wildman–Crippen LogP) is 3.07. The first kappa shape index (κ1) is 21.9. The standard InChI is InChI=1S/C21H36O6Si/c1-10(2)28(11(3)4,12(5)6)27-16-9-14(23)17-13(22)8-15-19(21(24)25-7)18(16)20(17)26-15/h10-12,14-20,23H,8-9H2,1-7H3/t14?,15?,16?,17-,18-,19?,20?/m0/s1. The number of rotatable bonds is 6. The van der Waals surface area contributed by atoms with Gasteiger partial charge in [-0.15, -0.1) is 0 Å². The van der Waals surface area contributed by atoms with Crippen molar-refractivity contribution >= 4 is 20.1 Å². The number of carbonyl (C=O) groups is 2. The summed E-state index contributed by atoms with van der Waals surface area (Å²) in [7, 11) is -0.842. The molecule has 28 heavy (non-hydrogen) atoms. The monoisotopic (exact) mass is 412 g/mol. The van der Waals surface area contributed by atoms with Crippen molar-refractivity contribution in [2.45, 2.75) is 95.4 Å². The molecule has 0 aromatic heterocycles. The Hall–Kier alpha value is -0.763. The van der Waals surface area contributed by atoms with Crippen LogP contribution in [-0.4, -0.2) is 56.7 Å². The quantitative estimate of drug-likeness (QED) is 0.533. The molecule has 5 unspecified atom stereocenters. The van der Waals surface area contributed by atoms with E-state index in [-0.39, 0.29) is 30.2 Å². The molecule has 2 bridgehead atoms. The van der Waals surface area contributed by atoms with Gasteiger partial charge in [0.25, 0.3) is 0 Å². The van der Waals surface area contributed by atoms with Crippen LogP contribution in [0.3, 0.4) is 0 Å². The van der Waals surface area contributed by atoms with Crippen molar-refractivity contribution in [3.8, 4) is 0 Å². The van der Waals surface area contributed by atoms with Crippen molar-refractivity contribution in [1.29, 1.82) is 0 Å². The van der Waals surface area contributed by atoms with Gasteiger partial charge in [-0.3, -0.25) is 9.59 Å². The van der Waals surface area contributed by atoms with Crippen molar-refractivity contribution in [2.24, 2.45) is 17.8 Å². The molecule has 6 nitrogen and oxygen atoms in total. The Balaban J connectivity index is 2.01. The Morgan fingerprint density at radius 1 is 1.14 bits per heavy atom. The fraction of sp³-hybridized carbons (Fsp3) is 0.905. The Morgan fingerprint density at radius 3 is 2.21 bits per heavy atom. The zero-order chi connectivity index (χ0) is 21.0. The number of esters is 1. The molecule has 2 saturated heterocycles. The highest BCUT2D eigenvalue weighted by molar-refractivity contribution is 6.77. The van der Waals surface area contributed by atoms with Crippen LogP contribution in [0.5, 0.6) is 0 Å². The second kappa shape index (κ2) is 7.82. The molecule has 7 heteroatoms. The summed E-state index contributed by atoms with van der Waals surface area (Å²) in [4.78, 5) is 25.3.